The Labute approximate surface area is 159 Å². The van der Waals surface area contributed by atoms with E-state index in [1.54, 1.807) is 24.1 Å². The van der Waals surface area contributed by atoms with Gasteiger partial charge in [0.25, 0.3) is 5.91 Å². The van der Waals surface area contributed by atoms with E-state index in [-0.39, 0.29) is 5.91 Å². The second-order valence-corrected chi connectivity index (χ2v) is 6.52. The van der Waals surface area contributed by atoms with E-state index in [9.17, 15) is 4.79 Å². The van der Waals surface area contributed by atoms with Gasteiger partial charge in [0.15, 0.2) is 11.5 Å². The average molecular weight is 361 g/mol. The minimum absolute atomic E-state index is 0.159. The van der Waals surface area contributed by atoms with E-state index in [4.69, 9.17) is 0 Å². The monoisotopic (exact) mass is 361 g/mol. The Bertz CT molecular complexity index is 877. The molecule has 3 aromatic rings. The molecule has 0 radical (unpaired) electrons. The predicted molar refractivity (Wildman–Crippen MR) is 108 cm³/mol. The number of benzene rings is 2. The van der Waals surface area contributed by atoms with Gasteiger partial charge in [0, 0.05) is 39.1 Å². The van der Waals surface area contributed by atoms with Crippen LogP contribution < -0.4 is 10.2 Å². The van der Waals surface area contributed by atoms with Gasteiger partial charge in [-0.3, -0.25) is 4.79 Å². The van der Waals surface area contributed by atoms with Crippen LogP contribution in [0.4, 0.5) is 17.2 Å². The summed E-state index contributed by atoms with van der Waals surface area (Å²) in [5.41, 5.74) is 3.42. The summed E-state index contributed by atoms with van der Waals surface area (Å²) < 4.78 is 0. The maximum Gasteiger partial charge on any atom is 0.274 e. The number of amides is 1. The fourth-order valence-corrected chi connectivity index (χ4v) is 2.63. The molecule has 0 spiro atoms. The van der Waals surface area contributed by atoms with Gasteiger partial charge in [-0.1, -0.05) is 30.3 Å². The Morgan fingerprint density at radius 2 is 1.59 bits per heavy atom. The minimum Gasteiger partial charge on any atom is -0.378 e. The average Bonchev–Trinajstić information content (AvgIpc) is 2.69. The van der Waals surface area contributed by atoms with E-state index < -0.39 is 0 Å². The minimum atomic E-state index is -0.159. The zero-order valence-electron chi connectivity index (χ0n) is 15.8. The molecule has 0 aliphatic rings. The first-order chi connectivity index (χ1) is 13.0. The summed E-state index contributed by atoms with van der Waals surface area (Å²) in [6.45, 7) is 0.527. The molecule has 0 fully saturated rings. The van der Waals surface area contributed by atoms with Gasteiger partial charge in [-0.15, -0.1) is 10.2 Å². The molecule has 0 unspecified atom stereocenters. The number of rotatable bonds is 6. The standard InChI is InChI=1S/C21H23N5O/c1-25(2)18-11-9-17(10-12-18)22-20-14-13-19(23-24-20)21(27)26(3)15-16-7-5-4-6-8-16/h4-14H,15H2,1-3H3,(H,22,24). The van der Waals surface area contributed by atoms with Gasteiger partial charge >= 0.3 is 0 Å². The summed E-state index contributed by atoms with van der Waals surface area (Å²) in [6, 6.07) is 21.3. The molecule has 1 amide bonds. The molecule has 3 rings (SSSR count). The van der Waals surface area contributed by atoms with Crippen molar-refractivity contribution in [3.8, 4) is 0 Å². The number of nitrogens with zero attached hydrogens (tertiary/aromatic N) is 4. The van der Waals surface area contributed by atoms with Crippen LogP contribution in [0.1, 0.15) is 16.1 Å². The van der Waals surface area contributed by atoms with Crippen molar-refractivity contribution < 1.29 is 4.79 Å². The first-order valence-electron chi connectivity index (χ1n) is 8.70. The normalized spacial score (nSPS) is 10.3. The molecule has 0 bridgehead atoms. The predicted octanol–water partition coefficient (Wildman–Crippen LogP) is 3.56. The van der Waals surface area contributed by atoms with Crippen molar-refractivity contribution in [3.05, 3.63) is 78.0 Å². The lowest BCUT2D eigenvalue weighted by molar-refractivity contribution is 0.0778. The van der Waals surface area contributed by atoms with E-state index in [0.29, 0.717) is 18.1 Å². The number of hydrogen-bond acceptors (Lipinski definition) is 5. The summed E-state index contributed by atoms with van der Waals surface area (Å²) in [5.74, 6) is 0.433. The van der Waals surface area contributed by atoms with E-state index in [0.717, 1.165) is 16.9 Å². The van der Waals surface area contributed by atoms with Crippen LogP contribution in [-0.4, -0.2) is 42.1 Å². The second-order valence-electron chi connectivity index (χ2n) is 6.52. The lowest BCUT2D eigenvalue weighted by Crippen LogP contribution is -2.27. The third kappa shape index (κ3) is 4.82. The van der Waals surface area contributed by atoms with Crippen molar-refractivity contribution >= 4 is 23.1 Å². The summed E-state index contributed by atoms with van der Waals surface area (Å²) in [6.07, 6.45) is 0. The smallest absolute Gasteiger partial charge is 0.274 e. The van der Waals surface area contributed by atoms with E-state index >= 15 is 0 Å². The lowest BCUT2D eigenvalue weighted by Gasteiger charge is -2.16. The Morgan fingerprint density at radius 3 is 2.19 bits per heavy atom. The van der Waals surface area contributed by atoms with Crippen molar-refractivity contribution in [3.63, 3.8) is 0 Å². The highest BCUT2D eigenvalue weighted by Crippen LogP contribution is 2.19. The summed E-state index contributed by atoms with van der Waals surface area (Å²) >= 11 is 0. The zero-order valence-corrected chi connectivity index (χ0v) is 15.8. The fraction of sp³-hybridized carbons (Fsp3) is 0.190. The number of hydrogen-bond donors (Lipinski definition) is 1. The molecule has 6 heteroatoms. The van der Waals surface area contributed by atoms with E-state index in [1.807, 2.05) is 73.6 Å². The third-order valence-electron chi connectivity index (χ3n) is 4.15. The molecule has 1 aromatic heterocycles. The van der Waals surface area contributed by atoms with Gasteiger partial charge in [-0.05, 0) is 42.0 Å². The highest BCUT2D eigenvalue weighted by Gasteiger charge is 2.14. The van der Waals surface area contributed by atoms with Crippen LogP contribution in [0.3, 0.4) is 0 Å². The highest BCUT2D eigenvalue weighted by atomic mass is 16.2. The number of aromatic nitrogens is 2. The van der Waals surface area contributed by atoms with Gasteiger partial charge in [0.05, 0.1) is 0 Å². The molecule has 0 saturated carbocycles. The van der Waals surface area contributed by atoms with Crippen molar-refractivity contribution in [2.24, 2.45) is 0 Å². The van der Waals surface area contributed by atoms with Gasteiger partial charge < -0.3 is 15.1 Å². The zero-order chi connectivity index (χ0) is 19.2. The van der Waals surface area contributed by atoms with Crippen molar-refractivity contribution in [1.29, 1.82) is 0 Å². The van der Waals surface area contributed by atoms with Crippen LogP contribution in [0.5, 0.6) is 0 Å². The molecule has 2 aromatic carbocycles. The number of carbonyl (C=O) groups excluding carboxylic acids is 1. The summed E-state index contributed by atoms with van der Waals surface area (Å²) in [4.78, 5) is 16.2. The lowest BCUT2D eigenvalue weighted by atomic mass is 10.2. The Balaban J connectivity index is 1.63. The molecule has 138 valence electrons. The van der Waals surface area contributed by atoms with Crippen LogP contribution in [0.25, 0.3) is 0 Å². The Kier molecular flexibility index (Phi) is 5.66. The Hall–Kier alpha value is -3.41. The molecular weight excluding hydrogens is 338 g/mol. The third-order valence-corrected chi connectivity index (χ3v) is 4.15. The topological polar surface area (TPSA) is 61.4 Å². The quantitative estimate of drug-likeness (QED) is 0.727. The molecule has 27 heavy (non-hydrogen) atoms. The van der Waals surface area contributed by atoms with Crippen LogP contribution in [0, 0.1) is 0 Å². The van der Waals surface area contributed by atoms with Crippen LogP contribution in [-0.2, 0) is 6.54 Å². The van der Waals surface area contributed by atoms with Crippen molar-refractivity contribution in [2.45, 2.75) is 6.54 Å². The maximum absolute atomic E-state index is 12.5. The van der Waals surface area contributed by atoms with Crippen LogP contribution in [0.2, 0.25) is 0 Å². The first kappa shape index (κ1) is 18.4. The fourth-order valence-electron chi connectivity index (χ4n) is 2.63. The van der Waals surface area contributed by atoms with Crippen LogP contribution >= 0.6 is 0 Å². The molecule has 0 atom stereocenters. The largest absolute Gasteiger partial charge is 0.378 e. The van der Waals surface area contributed by atoms with Gasteiger partial charge in [0.2, 0.25) is 0 Å². The van der Waals surface area contributed by atoms with Gasteiger partial charge in [-0.25, -0.2) is 0 Å². The summed E-state index contributed by atoms with van der Waals surface area (Å²) in [7, 11) is 5.76. The molecule has 1 N–H and O–H groups in total. The number of carbonyl (C=O) groups is 1. The molecule has 0 aliphatic heterocycles. The van der Waals surface area contributed by atoms with E-state index in [2.05, 4.69) is 15.5 Å². The molecule has 6 nitrogen and oxygen atoms in total. The van der Waals surface area contributed by atoms with Crippen molar-refractivity contribution in [2.75, 3.05) is 31.4 Å². The van der Waals surface area contributed by atoms with Crippen molar-refractivity contribution in [1.82, 2.24) is 15.1 Å². The van der Waals surface area contributed by atoms with Gasteiger partial charge in [-0.2, -0.15) is 0 Å². The number of anilines is 3. The van der Waals surface area contributed by atoms with Crippen LogP contribution in [0.15, 0.2) is 66.7 Å². The first-order valence-corrected chi connectivity index (χ1v) is 8.70. The molecular formula is C21H23N5O. The SMILES string of the molecule is CN(Cc1ccccc1)C(=O)c1ccc(Nc2ccc(N(C)C)cc2)nn1. The molecule has 1 heterocycles. The second kappa shape index (κ2) is 8.31. The molecule has 0 saturated heterocycles. The Morgan fingerprint density at radius 1 is 0.889 bits per heavy atom. The highest BCUT2D eigenvalue weighted by molar-refractivity contribution is 5.92. The van der Waals surface area contributed by atoms with Gasteiger partial charge in [0.1, 0.15) is 0 Å². The maximum atomic E-state index is 12.5. The molecule has 0 aliphatic carbocycles. The van der Waals surface area contributed by atoms with E-state index in [1.165, 1.54) is 0 Å². The number of nitrogens with one attached hydrogen (secondary N) is 1. The summed E-state index contributed by atoms with van der Waals surface area (Å²) in [5, 5.41) is 11.4.